The van der Waals surface area contributed by atoms with Crippen LogP contribution in [-0.2, 0) is 71.3 Å². The first-order valence-electron chi connectivity index (χ1n) is 37.5. The van der Waals surface area contributed by atoms with E-state index < -0.39 is 232 Å². The summed E-state index contributed by atoms with van der Waals surface area (Å²) in [5.41, 5.74) is -5.36. The fourth-order valence-electron chi connectivity index (χ4n) is 16.3. The van der Waals surface area contributed by atoms with Crippen molar-refractivity contribution in [3.8, 4) is 11.5 Å². The topological polar surface area (TPSA) is 399 Å². The van der Waals surface area contributed by atoms with Gasteiger partial charge in [-0.05, 0) is 94.3 Å². The third-order valence-electron chi connectivity index (χ3n) is 23.5. The molecule has 30 heteroatoms. The van der Waals surface area contributed by atoms with E-state index in [0.29, 0.717) is 6.42 Å². The Kier molecular flexibility index (Phi) is 28.4. The monoisotopic (exact) mass is 1520 g/mol. The molecule has 108 heavy (non-hydrogen) atoms. The summed E-state index contributed by atoms with van der Waals surface area (Å²) in [6.07, 6.45) is -10.9. The molecule has 7 aliphatic heterocycles. The predicted octanol–water partition coefficient (Wildman–Crippen LogP) is 5.58. The Balaban J connectivity index is 1.09. The Morgan fingerprint density at radius 1 is 0.750 bits per heavy atom. The Bertz CT molecular complexity index is 3620. The first-order valence-corrected chi connectivity index (χ1v) is 37.5. The number of carbonyl (C=O) groups is 8. The molecule has 0 unspecified atom stereocenters. The van der Waals surface area contributed by atoms with Crippen molar-refractivity contribution in [1.29, 1.82) is 0 Å². The minimum Gasteiger partial charge on any atom is -0.507 e. The number of benzene rings is 1. The summed E-state index contributed by atoms with van der Waals surface area (Å²) >= 11 is 0. The molecule has 1 aromatic carbocycles. The molecule has 8 aliphatic rings. The van der Waals surface area contributed by atoms with Gasteiger partial charge in [0.25, 0.3) is 11.7 Å². The molecule has 1 aliphatic carbocycles. The van der Waals surface area contributed by atoms with E-state index in [9.17, 15) is 54.6 Å². The summed E-state index contributed by atoms with van der Waals surface area (Å²) in [4.78, 5) is 119. The number of aliphatic hydroxyl groups excluding tert-OH is 5. The minimum absolute atomic E-state index is 0.00271. The van der Waals surface area contributed by atoms with Gasteiger partial charge in [-0.1, -0.05) is 66.7 Å². The van der Waals surface area contributed by atoms with Gasteiger partial charge in [-0.3, -0.25) is 33.6 Å². The second kappa shape index (κ2) is 35.3. The molecule has 0 spiro atoms. The van der Waals surface area contributed by atoms with Crippen molar-refractivity contribution in [2.45, 2.75) is 270 Å². The summed E-state index contributed by atoms with van der Waals surface area (Å²) in [5.74, 6) is -15.0. The van der Waals surface area contributed by atoms with E-state index in [1.807, 2.05) is 25.9 Å². The van der Waals surface area contributed by atoms with Crippen molar-refractivity contribution < 1.29 is 126 Å². The van der Waals surface area contributed by atoms with Crippen molar-refractivity contribution in [2.24, 2.45) is 41.4 Å². The fourth-order valence-corrected chi connectivity index (χ4v) is 16.3. The molecule has 4 fully saturated rings. The number of nitrogens with zero attached hydrogens (tertiary/aromatic N) is 2. The SMILES string of the molecule is CC[C@H]1OC(=O)[C@H](C)[C@@H](O[C@H]2C[C@@](C)(OC)[C@@H](OC(=O)N[C@H]3CCN(C4=C5NC(=O)/C(C)=C\C=C\[C@H](C)[C@H](O)[C@@H](C)[C@@H](O)[C@@H](C)[C@H](OC(C)=O)[C@H](C)[C@@H](OC)/C=C/O[C@@]6(C)Oc7c(C)c(O)c(c(c7C6=O)C4=O)C5=O)C3)[C@H](C)O2)[C@H](C)[C@@H](O[C@@H]2O[C@H](C)C[C@H](N(C)C)[C@H]2O)[C@](C)(OC)CCC(=O)[C@H](C)[C@@H](O)[C@@H]1O. The van der Waals surface area contributed by atoms with E-state index in [0.717, 1.165) is 6.26 Å². The van der Waals surface area contributed by atoms with Crippen molar-refractivity contribution >= 4 is 47.1 Å². The highest BCUT2D eigenvalue weighted by Crippen LogP contribution is 2.50. The maximum Gasteiger partial charge on any atom is 0.407 e. The number of methoxy groups -OCH3 is 3. The number of phenolic OH excluding ortho intramolecular Hbond substituents is 1. The van der Waals surface area contributed by atoms with Gasteiger partial charge in [0, 0.05) is 114 Å². The quantitative estimate of drug-likeness (QED) is 0.0882. The number of phenols is 1. The number of alkyl carbamates (subject to hydrolysis) is 1. The maximum absolute atomic E-state index is 15.7. The summed E-state index contributed by atoms with van der Waals surface area (Å²) < 4.78 is 75.4. The highest BCUT2D eigenvalue weighted by atomic mass is 16.7. The molecule has 8 N–H and O–H groups in total. The molecule has 30 nitrogen and oxygen atoms in total. The van der Waals surface area contributed by atoms with Gasteiger partial charge in [-0.15, -0.1) is 0 Å². The van der Waals surface area contributed by atoms with E-state index in [2.05, 4.69) is 10.6 Å². The van der Waals surface area contributed by atoms with Crippen molar-refractivity contribution in [3.63, 3.8) is 0 Å². The lowest BCUT2D eigenvalue weighted by molar-refractivity contribution is -0.318. The number of Topliss-reactive ketones (excluding diaryl/α,β-unsaturated/α-hetero) is 4. The zero-order valence-electron chi connectivity index (χ0n) is 66.1. The van der Waals surface area contributed by atoms with Crippen molar-refractivity contribution in [1.82, 2.24) is 20.4 Å². The minimum atomic E-state index is -2.24. The number of carbonyl (C=O) groups excluding carboxylic acids is 8. The van der Waals surface area contributed by atoms with Gasteiger partial charge in [0.05, 0.1) is 89.3 Å². The van der Waals surface area contributed by atoms with Crippen LogP contribution in [0, 0.1) is 48.3 Å². The average Bonchev–Trinajstić information content (AvgIpc) is 1.49. The number of amides is 2. The van der Waals surface area contributed by atoms with Crippen LogP contribution in [0.15, 0.2) is 47.5 Å². The number of nitrogens with one attached hydrogen (secondary N) is 2. The van der Waals surface area contributed by atoms with E-state index >= 15 is 14.4 Å². The Morgan fingerprint density at radius 2 is 1.42 bits per heavy atom. The van der Waals surface area contributed by atoms with Gasteiger partial charge < -0.3 is 108 Å². The number of likely N-dealkylation sites (N-methyl/N-ethyl adjacent to an activating group) is 1. The number of fused-ring (bicyclic) bond motifs is 14. The third kappa shape index (κ3) is 17.9. The lowest BCUT2D eigenvalue weighted by Crippen LogP contribution is -2.61. The molecule has 0 saturated carbocycles. The van der Waals surface area contributed by atoms with Crippen molar-refractivity contribution in [3.05, 3.63) is 69.8 Å². The second-order valence-corrected chi connectivity index (χ2v) is 31.4. The number of ether oxygens (including phenoxy) is 12. The molecule has 4 saturated heterocycles. The zero-order chi connectivity index (χ0) is 80.4. The highest BCUT2D eigenvalue weighted by Gasteiger charge is 2.57. The normalized spacial score (nSPS) is 40.4. The smallest absolute Gasteiger partial charge is 0.407 e. The lowest BCUT2D eigenvalue weighted by atomic mass is 9.78. The van der Waals surface area contributed by atoms with Crippen LogP contribution in [0.25, 0.3) is 0 Å². The van der Waals surface area contributed by atoms with Crippen LogP contribution in [-0.4, -0.2) is 257 Å². The van der Waals surface area contributed by atoms with Crippen LogP contribution in [0.4, 0.5) is 4.79 Å². The van der Waals surface area contributed by atoms with Gasteiger partial charge in [0.15, 0.2) is 18.7 Å². The number of aromatic hydroxyl groups is 1. The predicted molar refractivity (Wildman–Crippen MR) is 387 cm³/mol. The number of rotatable bonds is 13. The van der Waals surface area contributed by atoms with E-state index in [1.54, 1.807) is 75.3 Å². The number of allylic oxidation sites excluding steroid dienone is 4. The van der Waals surface area contributed by atoms with Crippen LogP contribution in [0.5, 0.6) is 11.5 Å². The Labute approximate surface area is 632 Å². The van der Waals surface area contributed by atoms with Crippen LogP contribution >= 0.6 is 0 Å². The van der Waals surface area contributed by atoms with Gasteiger partial charge >= 0.3 is 23.8 Å². The molecular weight excluding hydrogens is 1410 g/mol. The number of cyclic esters (lactones) is 1. The standard InChI is InChI=1S/C78H116N4O26/c1-22-50-63(90)61(88)38(5)49(84)26-29-76(14,98-20)70(106-74-62(89)48(81(17)18)32-37(4)101-74)43(10)67(44(11)73(95)104-50)105-52-33-77(15,99-21)71(45(12)102-52)107-75(96)79-47-27-30-82(34-47)57-56-64(91)54-53(65(57)92)55-68(42(9)60(54)87)108-78(16,69(55)93)100-31-28-51(97-19)39(6)66(103-46(13)83)41(8)59(86)40(7)58(85)35(2)24-23-25-36(3)72(94)80-56/h23-25,28,31,35,37-41,43-45,47-48,50-52,58-59,61-63,66-67,70-71,74,85-90H,22,26-27,29-30,32-34H2,1-21H3,(H,79,96)(H,80,94)/b24-23+,31-28+,36-25-/t35-,37+,38-,39+,40+,41+,43-,44+,45-,47-,48-,50+,51-,52-,58-,59+,61+,62+,63+,66+,67-,70+,71-,74-,76+,77+,78-/m0/s1. The largest absolute Gasteiger partial charge is 0.507 e. The van der Waals surface area contributed by atoms with Crippen LogP contribution < -0.4 is 15.4 Å². The van der Waals surface area contributed by atoms with E-state index in [4.69, 9.17) is 56.8 Å². The molecule has 0 radical (unpaired) electrons. The molecule has 0 aromatic heterocycles. The zero-order valence-corrected chi connectivity index (χ0v) is 66.1. The summed E-state index contributed by atoms with van der Waals surface area (Å²) in [5, 5.41) is 75.6. The molecule has 2 amide bonds. The second-order valence-electron chi connectivity index (χ2n) is 31.4. The first-order chi connectivity index (χ1) is 50.5. The van der Waals surface area contributed by atoms with E-state index in [-0.39, 0.29) is 73.9 Å². The van der Waals surface area contributed by atoms with Crippen molar-refractivity contribution in [2.75, 3.05) is 48.5 Å². The van der Waals surface area contributed by atoms with Gasteiger partial charge in [-0.2, -0.15) is 0 Å². The van der Waals surface area contributed by atoms with E-state index in [1.165, 1.54) is 79.1 Å². The molecule has 1 aromatic rings. The fraction of sp³-hybridized carbons (Fsp3) is 0.718. The van der Waals surface area contributed by atoms with Gasteiger partial charge in [0.2, 0.25) is 11.6 Å². The molecule has 9 rings (SSSR count). The summed E-state index contributed by atoms with van der Waals surface area (Å²) in [6.45, 7) is 25.2. The molecule has 27 atom stereocenters. The van der Waals surface area contributed by atoms with Crippen LogP contribution in [0.3, 0.4) is 0 Å². The number of ketones is 4. The lowest BCUT2D eigenvalue weighted by Gasteiger charge is -2.49. The van der Waals surface area contributed by atoms with Crippen LogP contribution in [0.1, 0.15) is 179 Å². The number of hydrogen-bond acceptors (Lipinski definition) is 28. The number of likely N-dealkylation sites (tertiary alicyclic amines) is 1. The number of hydrogen-bond donors (Lipinski definition) is 8. The Morgan fingerprint density at radius 3 is 2.04 bits per heavy atom. The average molecular weight is 1530 g/mol. The van der Waals surface area contributed by atoms with Crippen LogP contribution in [0.2, 0.25) is 0 Å². The molecule has 7 heterocycles. The summed E-state index contributed by atoms with van der Waals surface area (Å²) in [6, 6.07) is -1.23. The molecule has 604 valence electrons. The number of esters is 2. The molecular formula is C78H116N4O26. The first kappa shape index (κ1) is 86.8. The van der Waals surface area contributed by atoms with Gasteiger partial charge in [0.1, 0.15) is 58.7 Å². The third-order valence-corrected chi connectivity index (χ3v) is 23.5. The molecule has 5 bridgehead atoms. The Hall–Kier alpha value is -6.78. The summed E-state index contributed by atoms with van der Waals surface area (Å²) in [7, 11) is 7.90. The highest BCUT2D eigenvalue weighted by molar-refractivity contribution is 6.32. The maximum atomic E-state index is 15.7. The van der Waals surface area contributed by atoms with Gasteiger partial charge in [-0.25, -0.2) is 4.79 Å². The number of aliphatic hydroxyl groups is 5.